The second kappa shape index (κ2) is 6.40. The summed E-state index contributed by atoms with van der Waals surface area (Å²) in [7, 11) is 0. The number of piperidine rings is 1. The molecule has 1 heterocycles. The molecule has 19 heavy (non-hydrogen) atoms. The zero-order valence-electron chi connectivity index (χ0n) is 11.3. The molecule has 0 bridgehead atoms. The average molecular weight is 281 g/mol. The molecular weight excluding hydrogens is 260 g/mol. The Labute approximate surface area is 119 Å². The van der Waals surface area contributed by atoms with Crippen molar-refractivity contribution in [2.45, 2.75) is 32.2 Å². The highest BCUT2D eigenvalue weighted by molar-refractivity contribution is 6.31. The number of nitrogens with two attached hydrogens (primary N) is 1. The lowest BCUT2D eigenvalue weighted by molar-refractivity contribution is -0.131. The molecule has 1 atom stereocenters. The van der Waals surface area contributed by atoms with Crippen molar-refractivity contribution in [1.82, 2.24) is 4.90 Å². The van der Waals surface area contributed by atoms with Gasteiger partial charge in [-0.15, -0.1) is 0 Å². The first-order valence-electron chi connectivity index (χ1n) is 6.84. The van der Waals surface area contributed by atoms with Crippen LogP contribution >= 0.6 is 11.6 Å². The number of amides is 1. The van der Waals surface area contributed by atoms with Crippen LogP contribution in [0, 0.1) is 5.92 Å². The van der Waals surface area contributed by atoms with Crippen LogP contribution in [0.3, 0.4) is 0 Å². The van der Waals surface area contributed by atoms with Crippen LogP contribution in [0.1, 0.15) is 25.3 Å². The van der Waals surface area contributed by atoms with E-state index < -0.39 is 0 Å². The van der Waals surface area contributed by atoms with Gasteiger partial charge in [-0.1, -0.05) is 29.8 Å². The Hall–Kier alpha value is -1.06. The third-order valence-electron chi connectivity index (χ3n) is 3.94. The van der Waals surface area contributed by atoms with E-state index in [1.165, 1.54) is 0 Å². The Bertz CT molecular complexity index is 440. The second-order valence-electron chi connectivity index (χ2n) is 5.35. The van der Waals surface area contributed by atoms with Gasteiger partial charge in [0.2, 0.25) is 5.91 Å². The summed E-state index contributed by atoms with van der Waals surface area (Å²) >= 11 is 6.08. The van der Waals surface area contributed by atoms with E-state index in [0.717, 1.165) is 31.5 Å². The van der Waals surface area contributed by atoms with Crippen molar-refractivity contribution >= 4 is 17.5 Å². The van der Waals surface area contributed by atoms with Gasteiger partial charge in [0.25, 0.3) is 0 Å². The van der Waals surface area contributed by atoms with Crippen LogP contribution in [0.4, 0.5) is 0 Å². The average Bonchev–Trinajstić information content (AvgIpc) is 2.41. The number of carbonyl (C=O) groups excluding carboxylic acids is 1. The van der Waals surface area contributed by atoms with Gasteiger partial charge >= 0.3 is 0 Å². The summed E-state index contributed by atoms with van der Waals surface area (Å²) in [6.07, 6.45) is 2.40. The van der Waals surface area contributed by atoms with Crippen LogP contribution in [-0.4, -0.2) is 29.9 Å². The first-order chi connectivity index (χ1) is 9.08. The van der Waals surface area contributed by atoms with E-state index in [1.807, 2.05) is 36.1 Å². The minimum absolute atomic E-state index is 0.163. The molecular formula is C15H21ClN2O. The largest absolute Gasteiger partial charge is 0.342 e. The predicted octanol–water partition coefficient (Wildman–Crippen LogP) is 2.47. The molecule has 1 aliphatic rings. The fourth-order valence-corrected chi connectivity index (χ4v) is 2.79. The van der Waals surface area contributed by atoms with E-state index >= 15 is 0 Å². The SMILES string of the molecule is CC(N)C1CCN(C(=O)Cc2ccccc2Cl)CC1. The molecule has 2 N–H and O–H groups in total. The third kappa shape index (κ3) is 3.71. The van der Waals surface area contributed by atoms with Crippen molar-refractivity contribution in [3.05, 3.63) is 34.9 Å². The number of carbonyl (C=O) groups is 1. The van der Waals surface area contributed by atoms with Crippen molar-refractivity contribution < 1.29 is 4.79 Å². The lowest BCUT2D eigenvalue weighted by atomic mass is 9.91. The van der Waals surface area contributed by atoms with Gasteiger partial charge in [0.1, 0.15) is 0 Å². The molecule has 0 aliphatic carbocycles. The Kier molecular flexibility index (Phi) is 4.83. The van der Waals surface area contributed by atoms with E-state index in [0.29, 0.717) is 17.4 Å². The molecule has 3 nitrogen and oxygen atoms in total. The molecule has 1 aromatic rings. The van der Waals surface area contributed by atoms with Gasteiger partial charge in [-0.05, 0) is 37.3 Å². The summed E-state index contributed by atoms with van der Waals surface area (Å²) < 4.78 is 0. The Morgan fingerprint density at radius 3 is 2.63 bits per heavy atom. The molecule has 0 radical (unpaired) electrons. The fraction of sp³-hybridized carbons (Fsp3) is 0.533. The summed E-state index contributed by atoms with van der Waals surface area (Å²) in [5.41, 5.74) is 6.82. The molecule has 2 rings (SSSR count). The molecule has 0 saturated carbocycles. The van der Waals surface area contributed by atoms with Crippen molar-refractivity contribution in [1.29, 1.82) is 0 Å². The number of benzene rings is 1. The molecule has 1 unspecified atom stereocenters. The second-order valence-corrected chi connectivity index (χ2v) is 5.75. The smallest absolute Gasteiger partial charge is 0.227 e. The van der Waals surface area contributed by atoms with Crippen molar-refractivity contribution in [3.8, 4) is 0 Å². The number of halogens is 1. The van der Waals surface area contributed by atoms with E-state index in [9.17, 15) is 4.79 Å². The van der Waals surface area contributed by atoms with Gasteiger partial charge in [-0.25, -0.2) is 0 Å². The van der Waals surface area contributed by atoms with Crippen LogP contribution in [-0.2, 0) is 11.2 Å². The first kappa shape index (κ1) is 14.4. The fourth-order valence-electron chi connectivity index (χ4n) is 2.59. The van der Waals surface area contributed by atoms with Crippen LogP contribution in [0.15, 0.2) is 24.3 Å². The minimum Gasteiger partial charge on any atom is -0.342 e. The maximum absolute atomic E-state index is 12.2. The highest BCUT2D eigenvalue weighted by Crippen LogP contribution is 2.21. The third-order valence-corrected chi connectivity index (χ3v) is 4.30. The summed E-state index contributed by atoms with van der Waals surface area (Å²) in [6.45, 7) is 3.68. The van der Waals surface area contributed by atoms with E-state index in [4.69, 9.17) is 17.3 Å². The van der Waals surface area contributed by atoms with Crippen molar-refractivity contribution in [2.75, 3.05) is 13.1 Å². The summed E-state index contributed by atoms with van der Waals surface area (Å²) in [4.78, 5) is 14.2. The zero-order chi connectivity index (χ0) is 13.8. The number of likely N-dealkylation sites (tertiary alicyclic amines) is 1. The summed E-state index contributed by atoms with van der Waals surface area (Å²) in [5.74, 6) is 0.709. The Balaban J connectivity index is 1.90. The number of hydrogen-bond acceptors (Lipinski definition) is 2. The van der Waals surface area contributed by atoms with Crippen molar-refractivity contribution in [2.24, 2.45) is 11.7 Å². The van der Waals surface area contributed by atoms with Gasteiger partial charge in [-0.3, -0.25) is 4.79 Å². The standard InChI is InChI=1S/C15H21ClN2O/c1-11(17)12-6-8-18(9-7-12)15(19)10-13-4-2-3-5-14(13)16/h2-5,11-12H,6-10,17H2,1H3. The van der Waals surface area contributed by atoms with Crippen LogP contribution in [0.25, 0.3) is 0 Å². The summed E-state index contributed by atoms with van der Waals surface area (Å²) in [6, 6.07) is 7.75. The van der Waals surface area contributed by atoms with Crippen molar-refractivity contribution in [3.63, 3.8) is 0 Å². The van der Waals surface area contributed by atoms with Crippen LogP contribution in [0.2, 0.25) is 5.02 Å². The summed E-state index contributed by atoms with van der Waals surface area (Å²) in [5, 5.41) is 0.668. The maximum atomic E-state index is 12.2. The molecule has 1 saturated heterocycles. The molecule has 1 aliphatic heterocycles. The van der Waals surface area contributed by atoms with Gasteiger partial charge in [0.05, 0.1) is 6.42 Å². The molecule has 4 heteroatoms. The number of rotatable bonds is 3. The quantitative estimate of drug-likeness (QED) is 0.924. The number of nitrogens with zero attached hydrogens (tertiary/aromatic N) is 1. The molecule has 1 aromatic carbocycles. The highest BCUT2D eigenvalue weighted by Gasteiger charge is 2.24. The lowest BCUT2D eigenvalue weighted by Gasteiger charge is -2.33. The maximum Gasteiger partial charge on any atom is 0.227 e. The topological polar surface area (TPSA) is 46.3 Å². The Morgan fingerprint density at radius 2 is 2.05 bits per heavy atom. The zero-order valence-corrected chi connectivity index (χ0v) is 12.1. The molecule has 104 valence electrons. The number of hydrogen-bond donors (Lipinski definition) is 1. The van der Waals surface area contributed by atoms with Gasteiger partial charge < -0.3 is 10.6 Å². The monoisotopic (exact) mass is 280 g/mol. The highest BCUT2D eigenvalue weighted by atomic mass is 35.5. The minimum atomic E-state index is 0.163. The van der Waals surface area contributed by atoms with Gasteiger partial charge in [0, 0.05) is 24.2 Å². The Morgan fingerprint density at radius 1 is 1.42 bits per heavy atom. The normalized spacial score (nSPS) is 18.4. The predicted molar refractivity (Wildman–Crippen MR) is 78.1 cm³/mol. The van der Waals surface area contributed by atoms with Crippen LogP contribution < -0.4 is 5.73 Å². The van der Waals surface area contributed by atoms with E-state index in [2.05, 4.69) is 0 Å². The van der Waals surface area contributed by atoms with E-state index in [1.54, 1.807) is 0 Å². The molecule has 1 fully saturated rings. The molecule has 1 amide bonds. The lowest BCUT2D eigenvalue weighted by Crippen LogP contribution is -2.43. The van der Waals surface area contributed by atoms with E-state index in [-0.39, 0.29) is 11.9 Å². The molecule has 0 aromatic heterocycles. The first-order valence-corrected chi connectivity index (χ1v) is 7.22. The van der Waals surface area contributed by atoms with Gasteiger partial charge in [0.15, 0.2) is 0 Å². The molecule has 0 spiro atoms. The van der Waals surface area contributed by atoms with Gasteiger partial charge in [-0.2, -0.15) is 0 Å². The van der Waals surface area contributed by atoms with Crippen LogP contribution in [0.5, 0.6) is 0 Å².